The Balaban J connectivity index is 4.46. The molecule has 0 fully saturated rings. The molecule has 0 unspecified atom stereocenters. The van der Waals surface area contributed by atoms with Crippen LogP contribution in [0.5, 0.6) is 0 Å². The summed E-state index contributed by atoms with van der Waals surface area (Å²) in [7, 11) is 0. The highest BCUT2D eigenvalue weighted by Crippen LogP contribution is 2.14. The van der Waals surface area contributed by atoms with Crippen LogP contribution in [0, 0.1) is 0 Å². The van der Waals surface area contributed by atoms with E-state index in [9.17, 15) is 14.4 Å². The van der Waals surface area contributed by atoms with Crippen molar-refractivity contribution in [3.63, 3.8) is 0 Å². The summed E-state index contributed by atoms with van der Waals surface area (Å²) in [5.74, 6) is 0.284. The lowest BCUT2D eigenvalue weighted by molar-refractivity contribution is -0.119. The van der Waals surface area contributed by atoms with Gasteiger partial charge < -0.3 is 4.79 Å². The molecule has 0 aromatic rings. The largest absolute Gasteiger partial charge is 0.300 e. The van der Waals surface area contributed by atoms with Gasteiger partial charge in [-0.1, -0.05) is 18.6 Å². The maximum atomic E-state index is 12.1. The third-order valence-electron chi connectivity index (χ3n) is 3.02. The molecule has 0 N–H and O–H groups in total. The molecule has 0 aromatic carbocycles. The Morgan fingerprint density at radius 3 is 2.05 bits per heavy atom. The lowest BCUT2D eigenvalue weighted by Gasteiger charge is -2.06. The van der Waals surface area contributed by atoms with Gasteiger partial charge in [0.15, 0.2) is 5.78 Å². The fourth-order valence-electron chi connectivity index (χ4n) is 1.87. The fraction of sp³-hybridized carbons (Fsp3) is 0.588. The van der Waals surface area contributed by atoms with Crippen molar-refractivity contribution in [2.24, 2.45) is 0 Å². The second-order valence-corrected chi connectivity index (χ2v) is 5.27. The standard InChI is InChI=1S/C17H26O3/c1-5-8-15(19)11-12-16(13(2)3)17(20)10-7-6-9-14(4)18/h7,10H,5-6,8-9,11-12H2,1-4H3/b10-7+. The van der Waals surface area contributed by atoms with E-state index in [1.54, 1.807) is 6.08 Å². The van der Waals surface area contributed by atoms with Gasteiger partial charge in [0.25, 0.3) is 0 Å². The minimum atomic E-state index is -0.0437. The van der Waals surface area contributed by atoms with Crippen molar-refractivity contribution in [3.05, 3.63) is 23.3 Å². The molecule has 0 aliphatic heterocycles. The third kappa shape index (κ3) is 8.57. The summed E-state index contributed by atoms with van der Waals surface area (Å²) >= 11 is 0. The lowest BCUT2D eigenvalue weighted by atomic mass is 9.98. The second-order valence-electron chi connectivity index (χ2n) is 5.27. The van der Waals surface area contributed by atoms with Crippen molar-refractivity contribution >= 4 is 17.3 Å². The highest BCUT2D eigenvalue weighted by molar-refractivity contribution is 6.04. The Morgan fingerprint density at radius 2 is 1.55 bits per heavy atom. The van der Waals surface area contributed by atoms with Gasteiger partial charge in [0.2, 0.25) is 0 Å². The van der Waals surface area contributed by atoms with Gasteiger partial charge in [-0.25, -0.2) is 0 Å². The molecule has 0 aromatic heterocycles. The number of hydrogen-bond acceptors (Lipinski definition) is 3. The van der Waals surface area contributed by atoms with E-state index in [0.29, 0.717) is 37.7 Å². The average molecular weight is 278 g/mol. The van der Waals surface area contributed by atoms with Crippen molar-refractivity contribution < 1.29 is 14.4 Å². The molecule has 0 heterocycles. The number of hydrogen-bond donors (Lipinski definition) is 0. The lowest BCUT2D eigenvalue weighted by Crippen LogP contribution is -2.05. The van der Waals surface area contributed by atoms with Gasteiger partial charge in [-0.05, 0) is 51.7 Å². The van der Waals surface area contributed by atoms with Crippen LogP contribution in [0.2, 0.25) is 0 Å². The monoisotopic (exact) mass is 278 g/mol. The minimum absolute atomic E-state index is 0.0437. The number of rotatable bonds is 10. The summed E-state index contributed by atoms with van der Waals surface area (Å²) in [5.41, 5.74) is 1.67. The quantitative estimate of drug-likeness (QED) is 0.568. The molecule has 0 atom stereocenters. The molecule has 112 valence electrons. The first-order valence-corrected chi connectivity index (χ1v) is 7.26. The zero-order valence-electron chi connectivity index (χ0n) is 13.1. The molecule has 0 radical (unpaired) electrons. The zero-order chi connectivity index (χ0) is 15.5. The number of carbonyl (C=O) groups excluding carboxylic acids is 3. The van der Waals surface area contributed by atoms with Crippen LogP contribution < -0.4 is 0 Å². The van der Waals surface area contributed by atoms with Crippen LogP contribution in [0.4, 0.5) is 0 Å². The van der Waals surface area contributed by atoms with Crippen LogP contribution >= 0.6 is 0 Å². The zero-order valence-corrected chi connectivity index (χ0v) is 13.1. The van der Waals surface area contributed by atoms with Crippen molar-refractivity contribution in [1.29, 1.82) is 0 Å². The highest BCUT2D eigenvalue weighted by atomic mass is 16.1. The van der Waals surface area contributed by atoms with Gasteiger partial charge >= 0.3 is 0 Å². The van der Waals surface area contributed by atoms with E-state index < -0.39 is 0 Å². The van der Waals surface area contributed by atoms with E-state index in [1.807, 2.05) is 20.8 Å². The first-order valence-electron chi connectivity index (χ1n) is 7.26. The molecule has 3 nitrogen and oxygen atoms in total. The first-order chi connectivity index (χ1) is 9.38. The Hall–Kier alpha value is -1.51. The Morgan fingerprint density at radius 1 is 0.900 bits per heavy atom. The predicted octanol–water partition coefficient (Wildman–Crippen LogP) is 3.97. The maximum absolute atomic E-state index is 12.1. The SMILES string of the molecule is CCCC(=O)CCC(C(=O)/C=C/CCC(C)=O)=C(C)C. The molecule has 0 aliphatic rings. The second kappa shape index (κ2) is 10.3. The van der Waals surface area contributed by atoms with Gasteiger partial charge in [-0.15, -0.1) is 0 Å². The number of allylic oxidation sites excluding steroid dienone is 4. The van der Waals surface area contributed by atoms with Crippen LogP contribution in [0.25, 0.3) is 0 Å². The number of ketones is 3. The summed E-state index contributed by atoms with van der Waals surface area (Å²) in [6.07, 6.45) is 6.68. The molecular weight excluding hydrogens is 252 g/mol. The molecule has 0 rings (SSSR count). The van der Waals surface area contributed by atoms with E-state index in [2.05, 4.69) is 0 Å². The van der Waals surface area contributed by atoms with Crippen LogP contribution in [-0.4, -0.2) is 17.3 Å². The summed E-state index contributed by atoms with van der Waals surface area (Å²) in [6.45, 7) is 7.29. The topological polar surface area (TPSA) is 51.2 Å². The van der Waals surface area contributed by atoms with Crippen molar-refractivity contribution in [1.82, 2.24) is 0 Å². The maximum Gasteiger partial charge on any atom is 0.181 e. The van der Waals surface area contributed by atoms with Gasteiger partial charge in [-0.2, -0.15) is 0 Å². The van der Waals surface area contributed by atoms with Crippen molar-refractivity contribution in [3.8, 4) is 0 Å². The molecule has 20 heavy (non-hydrogen) atoms. The Labute approximate surface area is 122 Å². The van der Waals surface area contributed by atoms with Gasteiger partial charge in [0.05, 0.1) is 0 Å². The summed E-state index contributed by atoms with van der Waals surface area (Å²) in [5, 5.41) is 0. The van der Waals surface area contributed by atoms with Gasteiger partial charge in [-0.3, -0.25) is 9.59 Å². The molecular formula is C17H26O3. The fourth-order valence-corrected chi connectivity index (χ4v) is 1.87. The molecule has 0 aliphatic carbocycles. The van der Waals surface area contributed by atoms with Crippen LogP contribution in [0.15, 0.2) is 23.3 Å². The minimum Gasteiger partial charge on any atom is -0.300 e. The highest BCUT2D eigenvalue weighted by Gasteiger charge is 2.10. The summed E-state index contributed by atoms with van der Waals surface area (Å²) in [4.78, 5) is 34.4. The molecule has 0 amide bonds. The van der Waals surface area contributed by atoms with Gasteiger partial charge in [0.1, 0.15) is 11.6 Å². The first kappa shape index (κ1) is 18.5. The third-order valence-corrected chi connectivity index (χ3v) is 3.02. The normalized spacial score (nSPS) is 10.6. The van der Waals surface area contributed by atoms with E-state index in [0.717, 1.165) is 12.0 Å². The van der Waals surface area contributed by atoms with Crippen molar-refractivity contribution in [2.45, 2.75) is 66.2 Å². The van der Waals surface area contributed by atoms with E-state index >= 15 is 0 Å². The average Bonchev–Trinajstić information content (AvgIpc) is 2.34. The molecule has 3 heteroatoms. The van der Waals surface area contributed by atoms with Crippen molar-refractivity contribution in [2.75, 3.05) is 0 Å². The van der Waals surface area contributed by atoms with Crippen LogP contribution in [0.1, 0.15) is 66.2 Å². The van der Waals surface area contributed by atoms with Gasteiger partial charge in [0, 0.05) is 19.3 Å². The van der Waals surface area contributed by atoms with E-state index in [-0.39, 0.29) is 17.3 Å². The van der Waals surface area contributed by atoms with Crippen LogP contribution in [0.3, 0.4) is 0 Å². The molecule has 0 saturated heterocycles. The van der Waals surface area contributed by atoms with E-state index in [4.69, 9.17) is 0 Å². The molecule has 0 bridgehead atoms. The smallest absolute Gasteiger partial charge is 0.181 e. The molecule has 0 spiro atoms. The van der Waals surface area contributed by atoms with Crippen LogP contribution in [-0.2, 0) is 14.4 Å². The Kier molecular flexibility index (Phi) is 9.52. The van der Waals surface area contributed by atoms with E-state index in [1.165, 1.54) is 13.0 Å². The summed E-state index contributed by atoms with van der Waals surface area (Å²) in [6, 6.07) is 0. The summed E-state index contributed by atoms with van der Waals surface area (Å²) < 4.78 is 0. The molecule has 0 saturated carbocycles. The Bertz CT molecular complexity index is 410. The predicted molar refractivity (Wildman–Crippen MR) is 81.6 cm³/mol. The number of Topliss-reactive ketones (excluding diaryl/α,β-unsaturated/α-hetero) is 2. The number of carbonyl (C=O) groups is 3.